The number of hydrogen-bond acceptors (Lipinski definition) is 9. The summed E-state index contributed by atoms with van der Waals surface area (Å²) >= 11 is 0. The predicted octanol–water partition coefficient (Wildman–Crippen LogP) is 15.0. The Morgan fingerprint density at radius 1 is 0.522 bits per heavy atom. The van der Waals surface area contributed by atoms with Crippen LogP contribution in [0.15, 0.2) is 60.7 Å². The third-order valence-corrected chi connectivity index (χ3v) is 12.7. The van der Waals surface area contributed by atoms with Gasteiger partial charge < -0.3 is 37.4 Å². The molecule has 0 radical (unpaired) electrons. The number of nitrogens with zero attached hydrogens (tertiary/aromatic N) is 1. The molecule has 2 aromatic carbocycles. The first-order valence-electron chi connectivity index (χ1n) is 26.8. The van der Waals surface area contributed by atoms with Crippen molar-refractivity contribution in [2.45, 2.75) is 201 Å². The third-order valence-electron chi connectivity index (χ3n) is 11.9. The van der Waals surface area contributed by atoms with Crippen LogP contribution >= 0.6 is 8.60 Å². The van der Waals surface area contributed by atoms with E-state index in [9.17, 15) is 14.5 Å². The van der Waals surface area contributed by atoms with Crippen molar-refractivity contribution < 1.29 is 47.0 Å². The van der Waals surface area contributed by atoms with Gasteiger partial charge in [-0.3, -0.25) is 9.59 Å². The maximum atomic E-state index is 13.1. The SMILES string of the molecule is CC.CCCCCCCCCC(CCCCCC(=O)OCC(COP(O)OCC[N+](C)(C)C)OC(=O)CCCCCC(CCCCCCCCC)COc1ccccc1)COc1ccccc1. The second-order valence-corrected chi connectivity index (χ2v) is 20.2. The number of unbranched alkanes of at least 4 members (excludes halogenated alkanes) is 16. The molecule has 0 heterocycles. The van der Waals surface area contributed by atoms with Crippen molar-refractivity contribution in [2.24, 2.45) is 11.8 Å². The molecule has 0 bridgehead atoms. The van der Waals surface area contributed by atoms with Crippen molar-refractivity contribution in [1.29, 1.82) is 0 Å². The van der Waals surface area contributed by atoms with Crippen molar-refractivity contribution in [1.82, 2.24) is 0 Å². The molecule has 0 fully saturated rings. The van der Waals surface area contributed by atoms with E-state index in [0.717, 1.165) is 69.3 Å². The maximum absolute atomic E-state index is 13.1. The minimum absolute atomic E-state index is 0.127. The zero-order valence-electron chi connectivity index (χ0n) is 43.7. The molecule has 0 spiro atoms. The molecule has 0 saturated carbocycles. The molecule has 10 nitrogen and oxygen atoms in total. The minimum Gasteiger partial charge on any atom is -0.493 e. The standard InChI is InChI=1S/C54H93NO9P.C2H6/c1-6-8-10-12-14-16-22-32-48(44-59-50-36-26-20-27-37-50)34-24-18-30-40-53(56)61-46-52(47-63-65(58)62-43-42-55(3,4)5)64-54(57)41-31-19-25-35-49(33-23-17-15-13-11-9-7-2)45-60-51-38-28-21-29-39-51;1-2/h20-21,26-29,36-39,48-49,52,58H,6-19,22-25,30-35,40-47H2,1-5H3;1-2H3/q+1;. The van der Waals surface area contributed by atoms with Crippen molar-refractivity contribution >= 4 is 20.5 Å². The van der Waals surface area contributed by atoms with Gasteiger partial charge in [0.1, 0.15) is 31.3 Å². The Hall–Kier alpha value is -2.75. The first-order chi connectivity index (χ1) is 32.6. The summed E-state index contributed by atoms with van der Waals surface area (Å²) in [6, 6.07) is 20.1. The number of para-hydroxylation sites is 2. The van der Waals surface area contributed by atoms with Gasteiger partial charge in [0.15, 0.2) is 6.10 Å². The van der Waals surface area contributed by atoms with Gasteiger partial charge in [-0.2, -0.15) is 0 Å². The summed E-state index contributed by atoms with van der Waals surface area (Å²) in [6.07, 6.45) is 27.6. The zero-order valence-corrected chi connectivity index (χ0v) is 44.6. The number of likely N-dealkylation sites (N-methyl/N-ethyl adjacent to an activating group) is 1. The summed E-state index contributed by atoms with van der Waals surface area (Å²) in [5.74, 6) is 2.09. The van der Waals surface area contributed by atoms with Gasteiger partial charge in [0.2, 0.25) is 0 Å². The third kappa shape index (κ3) is 38.8. The smallest absolute Gasteiger partial charge is 0.330 e. The summed E-state index contributed by atoms with van der Waals surface area (Å²) in [4.78, 5) is 36.4. The summed E-state index contributed by atoms with van der Waals surface area (Å²) in [6.45, 7) is 10.7. The quantitative estimate of drug-likeness (QED) is 0.0300. The van der Waals surface area contributed by atoms with Gasteiger partial charge >= 0.3 is 20.5 Å². The predicted molar refractivity (Wildman–Crippen MR) is 278 cm³/mol. The van der Waals surface area contributed by atoms with E-state index in [1.807, 2.05) is 95.7 Å². The molecule has 0 aromatic heterocycles. The Morgan fingerprint density at radius 3 is 1.36 bits per heavy atom. The number of benzene rings is 2. The molecule has 0 aliphatic carbocycles. The molecule has 67 heavy (non-hydrogen) atoms. The van der Waals surface area contributed by atoms with E-state index in [1.54, 1.807) is 0 Å². The number of carbonyl (C=O) groups is 2. The van der Waals surface area contributed by atoms with E-state index in [2.05, 4.69) is 13.8 Å². The number of carbonyl (C=O) groups excluding carboxylic acids is 2. The van der Waals surface area contributed by atoms with Crippen LogP contribution in [0.5, 0.6) is 11.5 Å². The lowest BCUT2D eigenvalue weighted by molar-refractivity contribution is -0.870. The highest BCUT2D eigenvalue weighted by Gasteiger charge is 2.21. The summed E-state index contributed by atoms with van der Waals surface area (Å²) in [5, 5.41) is 0. The van der Waals surface area contributed by atoms with E-state index in [-0.39, 0.29) is 31.6 Å². The maximum Gasteiger partial charge on any atom is 0.330 e. The van der Waals surface area contributed by atoms with Crippen LogP contribution in [0, 0.1) is 11.8 Å². The van der Waals surface area contributed by atoms with Crippen LogP contribution in [0.2, 0.25) is 0 Å². The van der Waals surface area contributed by atoms with Gasteiger partial charge in [0.05, 0.1) is 41.0 Å². The second-order valence-electron chi connectivity index (χ2n) is 19.2. The van der Waals surface area contributed by atoms with Crippen LogP contribution in [-0.2, 0) is 28.1 Å². The van der Waals surface area contributed by atoms with E-state index < -0.39 is 14.7 Å². The molecular weight excluding hydrogens is 862 g/mol. The molecule has 2 rings (SSSR count). The largest absolute Gasteiger partial charge is 0.493 e. The monoisotopic (exact) mass is 961 g/mol. The zero-order chi connectivity index (χ0) is 49.1. The Balaban J connectivity index is 0.0000111. The van der Waals surface area contributed by atoms with Crippen LogP contribution < -0.4 is 9.47 Å². The van der Waals surface area contributed by atoms with Crippen molar-refractivity contribution in [3.05, 3.63) is 60.7 Å². The molecule has 0 aliphatic rings. The van der Waals surface area contributed by atoms with Gasteiger partial charge in [-0.25, -0.2) is 0 Å². The minimum atomic E-state index is -2.17. The lowest BCUT2D eigenvalue weighted by Gasteiger charge is -2.24. The molecule has 386 valence electrons. The fourth-order valence-electron chi connectivity index (χ4n) is 7.82. The Kier molecular flexibility index (Phi) is 40.2. The van der Waals surface area contributed by atoms with E-state index in [4.69, 9.17) is 28.0 Å². The first-order valence-corrected chi connectivity index (χ1v) is 28.0. The normalized spacial score (nSPS) is 13.2. The number of rotatable bonds is 44. The highest BCUT2D eigenvalue weighted by Crippen LogP contribution is 2.33. The summed E-state index contributed by atoms with van der Waals surface area (Å²) in [7, 11) is 3.95. The molecule has 0 amide bonds. The van der Waals surface area contributed by atoms with Crippen molar-refractivity contribution in [3.8, 4) is 11.5 Å². The van der Waals surface area contributed by atoms with Crippen LogP contribution in [0.3, 0.4) is 0 Å². The Bertz CT molecular complexity index is 1400. The van der Waals surface area contributed by atoms with Gasteiger partial charge in [0, 0.05) is 12.8 Å². The fraction of sp³-hybridized carbons (Fsp3) is 0.750. The van der Waals surface area contributed by atoms with E-state index in [1.165, 1.54) is 89.9 Å². The molecule has 4 unspecified atom stereocenters. The van der Waals surface area contributed by atoms with Gasteiger partial charge in [-0.05, 0) is 74.6 Å². The first kappa shape index (κ1) is 62.3. The lowest BCUT2D eigenvalue weighted by atomic mass is 9.95. The van der Waals surface area contributed by atoms with E-state index in [0.29, 0.717) is 55.5 Å². The highest BCUT2D eigenvalue weighted by molar-refractivity contribution is 7.40. The average molecular weight is 961 g/mol. The van der Waals surface area contributed by atoms with Gasteiger partial charge in [0.25, 0.3) is 0 Å². The van der Waals surface area contributed by atoms with Gasteiger partial charge in [-0.1, -0.05) is 180 Å². The van der Waals surface area contributed by atoms with E-state index >= 15 is 0 Å². The Labute approximate surface area is 411 Å². The van der Waals surface area contributed by atoms with Crippen LogP contribution in [0.25, 0.3) is 0 Å². The topological polar surface area (TPSA) is 110 Å². The van der Waals surface area contributed by atoms with Crippen LogP contribution in [0.1, 0.15) is 195 Å². The van der Waals surface area contributed by atoms with Gasteiger partial charge in [-0.15, -0.1) is 0 Å². The van der Waals surface area contributed by atoms with Crippen LogP contribution in [-0.4, -0.2) is 88.1 Å². The van der Waals surface area contributed by atoms with Crippen molar-refractivity contribution in [2.75, 3.05) is 60.7 Å². The number of quaternary nitrogens is 1. The second kappa shape index (κ2) is 43.3. The number of hydrogen-bond donors (Lipinski definition) is 1. The summed E-state index contributed by atoms with van der Waals surface area (Å²) < 4.78 is 35.5. The molecular formula is C56H99NO9P+. The number of ether oxygens (including phenoxy) is 4. The van der Waals surface area contributed by atoms with Crippen LogP contribution in [0.4, 0.5) is 0 Å². The summed E-state index contributed by atoms with van der Waals surface area (Å²) in [5.41, 5.74) is 0. The molecule has 2 aromatic rings. The molecule has 1 N–H and O–H groups in total. The lowest BCUT2D eigenvalue weighted by Crippen LogP contribution is -2.37. The molecule has 0 aliphatic heterocycles. The molecule has 4 atom stereocenters. The average Bonchev–Trinajstić information content (AvgIpc) is 3.32. The Morgan fingerprint density at radius 2 is 0.925 bits per heavy atom. The number of esters is 2. The molecule has 11 heteroatoms. The molecule has 0 saturated heterocycles. The fourth-order valence-corrected chi connectivity index (χ4v) is 8.42. The van der Waals surface area contributed by atoms with Crippen molar-refractivity contribution in [3.63, 3.8) is 0 Å². The highest BCUT2D eigenvalue weighted by atomic mass is 31.2.